The van der Waals surface area contributed by atoms with Gasteiger partial charge in [0.25, 0.3) is 5.69 Å². The third kappa shape index (κ3) is 6.90. The number of carbonyl (C=O) groups excluding carboxylic acids is 1. The van der Waals surface area contributed by atoms with E-state index in [-0.39, 0.29) is 24.6 Å². The monoisotopic (exact) mass is 461 g/mol. The van der Waals surface area contributed by atoms with Gasteiger partial charge in [-0.2, -0.15) is 5.10 Å². The predicted molar refractivity (Wildman–Crippen MR) is 130 cm³/mol. The van der Waals surface area contributed by atoms with E-state index in [1.54, 1.807) is 36.5 Å². The van der Waals surface area contributed by atoms with Crippen molar-refractivity contribution in [3.63, 3.8) is 0 Å². The Hall–Kier alpha value is -4.20. The molecule has 176 valence electrons. The highest BCUT2D eigenvalue weighted by Crippen LogP contribution is 2.29. The van der Waals surface area contributed by atoms with Crippen molar-refractivity contribution in [2.45, 2.75) is 33.8 Å². The minimum atomic E-state index is -0.441. The molecule has 0 atom stereocenters. The molecular formula is C26H27N3O5. The molecule has 0 saturated heterocycles. The Morgan fingerprint density at radius 3 is 2.38 bits per heavy atom. The SMILES string of the molecule is CCOc1cc(/C=N\NC(=O)Cc2ccc(C)c(C)c2)ccc1OCc1ccc([N+](=O)[O-])cc1. The quantitative estimate of drug-likeness (QED) is 0.263. The van der Waals surface area contributed by atoms with Crippen LogP contribution in [0.3, 0.4) is 0 Å². The van der Waals surface area contributed by atoms with E-state index in [0.717, 1.165) is 22.3 Å². The molecule has 3 aromatic carbocycles. The van der Waals surface area contributed by atoms with Crippen molar-refractivity contribution < 1.29 is 19.2 Å². The van der Waals surface area contributed by atoms with Crippen LogP contribution in [0, 0.1) is 24.0 Å². The summed E-state index contributed by atoms with van der Waals surface area (Å²) in [6.07, 6.45) is 1.79. The van der Waals surface area contributed by atoms with E-state index >= 15 is 0 Å². The fourth-order valence-electron chi connectivity index (χ4n) is 3.18. The predicted octanol–water partition coefficient (Wildman–Crippen LogP) is 4.88. The first kappa shape index (κ1) is 24.4. The van der Waals surface area contributed by atoms with E-state index < -0.39 is 4.92 Å². The maximum atomic E-state index is 12.2. The van der Waals surface area contributed by atoms with Gasteiger partial charge < -0.3 is 9.47 Å². The van der Waals surface area contributed by atoms with Crippen LogP contribution < -0.4 is 14.9 Å². The first-order valence-corrected chi connectivity index (χ1v) is 10.9. The van der Waals surface area contributed by atoms with Gasteiger partial charge in [-0.05, 0) is 78.9 Å². The Morgan fingerprint density at radius 1 is 0.971 bits per heavy atom. The molecule has 0 aliphatic carbocycles. The molecule has 0 unspecified atom stereocenters. The minimum Gasteiger partial charge on any atom is -0.490 e. The number of nitro benzene ring substituents is 1. The van der Waals surface area contributed by atoms with Crippen molar-refractivity contribution in [2.24, 2.45) is 5.10 Å². The van der Waals surface area contributed by atoms with Gasteiger partial charge in [-0.1, -0.05) is 18.2 Å². The number of hydrogen-bond acceptors (Lipinski definition) is 6. The van der Waals surface area contributed by atoms with Crippen LogP contribution in [0.4, 0.5) is 5.69 Å². The smallest absolute Gasteiger partial charge is 0.269 e. The fraction of sp³-hybridized carbons (Fsp3) is 0.231. The van der Waals surface area contributed by atoms with E-state index in [4.69, 9.17) is 9.47 Å². The summed E-state index contributed by atoms with van der Waals surface area (Å²) < 4.78 is 11.5. The van der Waals surface area contributed by atoms with Crippen LogP contribution in [0.2, 0.25) is 0 Å². The largest absolute Gasteiger partial charge is 0.490 e. The normalized spacial score (nSPS) is 10.8. The van der Waals surface area contributed by atoms with Crippen LogP contribution in [-0.4, -0.2) is 23.7 Å². The molecule has 3 aromatic rings. The number of aryl methyl sites for hydroxylation is 2. The van der Waals surface area contributed by atoms with Crippen molar-refractivity contribution in [2.75, 3.05) is 6.61 Å². The number of nitrogens with zero attached hydrogens (tertiary/aromatic N) is 2. The Kier molecular flexibility index (Phi) is 8.34. The lowest BCUT2D eigenvalue weighted by Crippen LogP contribution is -2.19. The average molecular weight is 462 g/mol. The molecule has 34 heavy (non-hydrogen) atoms. The third-order valence-electron chi connectivity index (χ3n) is 5.15. The van der Waals surface area contributed by atoms with E-state index in [1.807, 2.05) is 39.0 Å². The summed E-state index contributed by atoms with van der Waals surface area (Å²) in [6, 6.07) is 17.5. The second-order valence-electron chi connectivity index (χ2n) is 7.74. The molecule has 8 heteroatoms. The lowest BCUT2D eigenvalue weighted by Gasteiger charge is -2.12. The first-order chi connectivity index (χ1) is 16.4. The summed E-state index contributed by atoms with van der Waals surface area (Å²) >= 11 is 0. The molecule has 1 N–H and O–H groups in total. The molecule has 0 fully saturated rings. The molecular weight excluding hydrogens is 434 g/mol. The van der Waals surface area contributed by atoms with Crippen molar-refractivity contribution in [1.29, 1.82) is 0 Å². The lowest BCUT2D eigenvalue weighted by atomic mass is 10.0. The maximum Gasteiger partial charge on any atom is 0.269 e. The zero-order valence-corrected chi connectivity index (χ0v) is 19.4. The standard InChI is InChI=1S/C26H27N3O5/c1-4-33-25-14-22(16-27-28-26(30)15-21-6-5-18(2)19(3)13-21)9-12-24(25)34-17-20-7-10-23(11-8-20)29(31)32/h5-14,16H,4,15,17H2,1-3H3,(H,28,30)/b27-16-. The fourth-order valence-corrected chi connectivity index (χ4v) is 3.18. The van der Waals surface area contributed by atoms with Gasteiger partial charge in [-0.25, -0.2) is 5.43 Å². The molecule has 0 heterocycles. The average Bonchev–Trinajstić information content (AvgIpc) is 2.81. The molecule has 3 rings (SSSR count). The highest BCUT2D eigenvalue weighted by molar-refractivity contribution is 5.84. The number of hydrogen-bond donors (Lipinski definition) is 1. The molecule has 0 bridgehead atoms. The minimum absolute atomic E-state index is 0.0310. The summed E-state index contributed by atoms with van der Waals surface area (Å²) in [7, 11) is 0. The number of carbonyl (C=O) groups is 1. The van der Waals surface area contributed by atoms with Gasteiger partial charge in [-0.15, -0.1) is 0 Å². The van der Waals surface area contributed by atoms with E-state index in [0.29, 0.717) is 18.1 Å². The van der Waals surface area contributed by atoms with Crippen molar-refractivity contribution in [3.05, 3.63) is 98.6 Å². The number of non-ortho nitro benzene ring substituents is 1. The summed E-state index contributed by atoms with van der Waals surface area (Å²) in [6.45, 7) is 6.60. The topological polar surface area (TPSA) is 103 Å². The van der Waals surface area contributed by atoms with Crippen LogP contribution in [0.25, 0.3) is 0 Å². The number of rotatable bonds is 10. The van der Waals surface area contributed by atoms with E-state index in [1.165, 1.54) is 17.7 Å². The summed E-state index contributed by atoms with van der Waals surface area (Å²) in [5.41, 5.74) is 7.38. The van der Waals surface area contributed by atoms with Gasteiger partial charge in [-0.3, -0.25) is 14.9 Å². The first-order valence-electron chi connectivity index (χ1n) is 10.9. The van der Waals surface area contributed by atoms with Crippen LogP contribution in [0.5, 0.6) is 11.5 Å². The number of benzene rings is 3. The number of hydrazone groups is 1. The number of nitro groups is 1. The summed E-state index contributed by atoms with van der Waals surface area (Å²) in [5, 5.41) is 14.8. The van der Waals surface area contributed by atoms with Crippen LogP contribution in [-0.2, 0) is 17.8 Å². The van der Waals surface area contributed by atoms with Crippen LogP contribution in [0.1, 0.15) is 34.7 Å². The molecule has 1 amide bonds. The van der Waals surface area contributed by atoms with Crippen molar-refractivity contribution in [3.8, 4) is 11.5 Å². The van der Waals surface area contributed by atoms with Crippen LogP contribution >= 0.6 is 0 Å². The third-order valence-corrected chi connectivity index (χ3v) is 5.15. The highest BCUT2D eigenvalue weighted by Gasteiger charge is 2.09. The second kappa shape index (κ2) is 11.6. The zero-order chi connectivity index (χ0) is 24.5. The van der Waals surface area contributed by atoms with Gasteiger partial charge in [0.1, 0.15) is 6.61 Å². The Morgan fingerprint density at radius 2 is 1.71 bits per heavy atom. The Balaban J connectivity index is 1.60. The molecule has 8 nitrogen and oxygen atoms in total. The zero-order valence-electron chi connectivity index (χ0n) is 19.4. The van der Waals surface area contributed by atoms with E-state index in [2.05, 4.69) is 10.5 Å². The van der Waals surface area contributed by atoms with Crippen LogP contribution in [0.15, 0.2) is 65.8 Å². The molecule has 0 spiro atoms. The summed E-state index contributed by atoms with van der Waals surface area (Å²) in [5.74, 6) is 0.874. The van der Waals surface area contributed by atoms with Gasteiger partial charge >= 0.3 is 0 Å². The van der Waals surface area contributed by atoms with Gasteiger partial charge in [0.15, 0.2) is 11.5 Å². The maximum absolute atomic E-state index is 12.2. The van der Waals surface area contributed by atoms with Crippen molar-refractivity contribution in [1.82, 2.24) is 5.43 Å². The molecule has 0 saturated carbocycles. The van der Waals surface area contributed by atoms with Gasteiger partial charge in [0.05, 0.1) is 24.2 Å². The van der Waals surface area contributed by atoms with Gasteiger partial charge in [0, 0.05) is 12.1 Å². The molecule has 0 aliphatic heterocycles. The van der Waals surface area contributed by atoms with Crippen molar-refractivity contribution >= 4 is 17.8 Å². The van der Waals surface area contributed by atoms with E-state index in [9.17, 15) is 14.9 Å². The Labute approximate surface area is 198 Å². The summed E-state index contributed by atoms with van der Waals surface area (Å²) in [4.78, 5) is 22.5. The molecule has 0 radical (unpaired) electrons. The number of nitrogens with one attached hydrogen (secondary N) is 1. The number of ether oxygens (including phenoxy) is 2. The number of amides is 1. The highest BCUT2D eigenvalue weighted by atomic mass is 16.6. The molecule has 0 aromatic heterocycles. The lowest BCUT2D eigenvalue weighted by molar-refractivity contribution is -0.384. The molecule has 0 aliphatic rings. The second-order valence-corrected chi connectivity index (χ2v) is 7.74. The van der Waals surface area contributed by atoms with Gasteiger partial charge in [0.2, 0.25) is 5.91 Å². The Bertz CT molecular complexity index is 1190.